The first kappa shape index (κ1) is 22.9. The van der Waals surface area contributed by atoms with Gasteiger partial charge in [0, 0.05) is 39.5 Å². The second-order valence-corrected chi connectivity index (χ2v) is 10.3. The molecule has 4 heterocycles. The van der Waals surface area contributed by atoms with Crippen LogP contribution in [0, 0.1) is 15.4 Å². The minimum atomic E-state index is -0.490. The van der Waals surface area contributed by atoms with Crippen LogP contribution in [0.15, 0.2) is 73.4 Å². The highest BCUT2D eigenvalue weighted by molar-refractivity contribution is 14.1. The Kier molecular flexibility index (Phi) is 6.87. The smallest absolute Gasteiger partial charge is 0.131 e. The van der Waals surface area contributed by atoms with E-state index in [-0.39, 0.29) is 23.0 Å². The van der Waals surface area contributed by atoms with Gasteiger partial charge >= 0.3 is 0 Å². The standard InChI is InChI=1S/C26H28IN2O.BrH/c1-2-19-17-29(16-18-7-9-21(27)10-8-18)14-12-20(19)15-25(29)26(30)23-11-13-28-24-6-4-3-5-22(23)24;/h2-11,13,19-20,25-26,30H,1,12,14-17H2;1H/q+1;/p-1/t19?,20?,25?,26-,29?;/m0./s1. The Labute approximate surface area is 208 Å². The SMILES string of the molecule is C=CC1C[N+]2(Cc3ccc(I)cc3)CCC1CC2[C@@H](O)c1ccnc2ccccc12.[Br-]. The van der Waals surface area contributed by atoms with Crippen LogP contribution in [0.5, 0.6) is 0 Å². The number of hydrogen-bond donors (Lipinski definition) is 1. The predicted octanol–water partition coefficient (Wildman–Crippen LogP) is 2.49. The molecule has 5 atom stereocenters. The fraction of sp³-hybridized carbons (Fsp3) is 0.346. The summed E-state index contributed by atoms with van der Waals surface area (Å²) < 4.78 is 2.21. The zero-order valence-corrected chi connectivity index (χ0v) is 21.2. The van der Waals surface area contributed by atoms with Crippen LogP contribution in [0.2, 0.25) is 0 Å². The van der Waals surface area contributed by atoms with Gasteiger partial charge in [-0.25, -0.2) is 0 Å². The average molecular weight is 591 g/mol. The van der Waals surface area contributed by atoms with Crippen LogP contribution in [-0.4, -0.2) is 33.7 Å². The molecule has 3 aliphatic rings. The van der Waals surface area contributed by atoms with Crippen LogP contribution >= 0.6 is 22.6 Å². The van der Waals surface area contributed by atoms with Crippen LogP contribution < -0.4 is 17.0 Å². The maximum absolute atomic E-state index is 11.7. The number of rotatable bonds is 5. The van der Waals surface area contributed by atoms with Crippen LogP contribution in [0.3, 0.4) is 0 Å². The molecule has 0 radical (unpaired) electrons. The molecule has 3 aliphatic heterocycles. The molecule has 0 saturated carbocycles. The summed E-state index contributed by atoms with van der Waals surface area (Å²) in [5, 5.41) is 12.8. The summed E-state index contributed by atoms with van der Waals surface area (Å²) in [6.07, 6.45) is 5.79. The second-order valence-electron chi connectivity index (χ2n) is 9.02. The first-order chi connectivity index (χ1) is 14.6. The zero-order valence-electron chi connectivity index (χ0n) is 17.5. The van der Waals surface area contributed by atoms with Gasteiger partial charge in [-0.2, -0.15) is 0 Å². The lowest BCUT2D eigenvalue weighted by molar-refractivity contribution is -0.984. The van der Waals surface area contributed by atoms with Crippen molar-refractivity contribution >= 4 is 33.5 Å². The number of para-hydroxylation sites is 1. The molecule has 31 heavy (non-hydrogen) atoms. The molecule has 5 heteroatoms. The molecule has 3 nitrogen and oxygen atoms in total. The normalized spacial score (nSPS) is 28.1. The molecule has 3 fully saturated rings. The summed E-state index contributed by atoms with van der Waals surface area (Å²) >= 11 is 2.36. The molecule has 1 aromatic heterocycles. The van der Waals surface area contributed by atoms with Gasteiger partial charge in [0.25, 0.3) is 0 Å². The molecule has 1 N–H and O–H groups in total. The van der Waals surface area contributed by atoms with E-state index in [1.54, 1.807) is 0 Å². The Morgan fingerprint density at radius 2 is 1.94 bits per heavy atom. The van der Waals surface area contributed by atoms with Crippen molar-refractivity contribution in [2.24, 2.45) is 11.8 Å². The van der Waals surface area contributed by atoms with E-state index in [1.165, 1.54) is 15.6 Å². The minimum absolute atomic E-state index is 0. The van der Waals surface area contributed by atoms with Crippen molar-refractivity contribution in [1.82, 2.24) is 4.98 Å². The zero-order chi connectivity index (χ0) is 20.7. The third-order valence-corrected chi connectivity index (χ3v) is 8.17. The fourth-order valence-corrected chi connectivity index (χ4v) is 6.28. The van der Waals surface area contributed by atoms with Crippen molar-refractivity contribution < 1.29 is 26.6 Å². The molecule has 0 spiro atoms. The van der Waals surface area contributed by atoms with Gasteiger partial charge < -0.3 is 26.6 Å². The Hall–Kier alpha value is -1.28. The summed E-state index contributed by atoms with van der Waals surface area (Å²) in [5.74, 6) is 1.17. The van der Waals surface area contributed by atoms with Crippen LogP contribution in [-0.2, 0) is 6.54 Å². The van der Waals surface area contributed by atoms with E-state index >= 15 is 0 Å². The molecule has 6 rings (SSSR count). The van der Waals surface area contributed by atoms with Gasteiger partial charge in [0.15, 0.2) is 0 Å². The van der Waals surface area contributed by atoms with Crippen LogP contribution in [0.4, 0.5) is 0 Å². The number of hydrogen-bond acceptors (Lipinski definition) is 2. The summed E-state index contributed by atoms with van der Waals surface area (Å²) in [7, 11) is 0. The summed E-state index contributed by atoms with van der Waals surface area (Å²) in [4.78, 5) is 4.51. The maximum atomic E-state index is 11.7. The van der Waals surface area contributed by atoms with Gasteiger partial charge in [-0.1, -0.05) is 36.4 Å². The van der Waals surface area contributed by atoms with E-state index in [0.29, 0.717) is 11.8 Å². The highest BCUT2D eigenvalue weighted by Gasteiger charge is 2.53. The topological polar surface area (TPSA) is 33.1 Å². The largest absolute Gasteiger partial charge is 1.00 e. The third-order valence-electron chi connectivity index (χ3n) is 7.45. The maximum Gasteiger partial charge on any atom is 0.131 e. The number of aromatic nitrogens is 1. The Morgan fingerprint density at radius 1 is 1.16 bits per heavy atom. The number of nitrogens with zero attached hydrogens (tertiary/aromatic N) is 2. The number of piperidine rings is 3. The van der Waals surface area contributed by atoms with Crippen molar-refractivity contribution in [2.75, 3.05) is 13.1 Å². The first-order valence-electron chi connectivity index (χ1n) is 10.8. The molecule has 2 aromatic carbocycles. The fourth-order valence-electron chi connectivity index (χ4n) is 5.92. The van der Waals surface area contributed by atoms with E-state index in [0.717, 1.165) is 47.0 Å². The monoisotopic (exact) mass is 590 g/mol. The van der Waals surface area contributed by atoms with Crippen molar-refractivity contribution in [1.29, 1.82) is 0 Å². The highest BCUT2D eigenvalue weighted by Crippen LogP contribution is 2.48. The Balaban J connectivity index is 0.00000231. The van der Waals surface area contributed by atoms with E-state index in [9.17, 15) is 5.11 Å². The molecule has 3 saturated heterocycles. The number of benzene rings is 2. The van der Waals surface area contributed by atoms with E-state index in [1.807, 2.05) is 30.5 Å². The van der Waals surface area contributed by atoms with Crippen LogP contribution in [0.1, 0.15) is 30.1 Å². The number of fused-ring (bicyclic) bond motifs is 4. The van der Waals surface area contributed by atoms with Crippen molar-refractivity contribution in [2.45, 2.75) is 31.5 Å². The average Bonchev–Trinajstić information content (AvgIpc) is 2.79. The Morgan fingerprint density at radius 3 is 2.71 bits per heavy atom. The van der Waals surface area contributed by atoms with E-state index < -0.39 is 6.10 Å². The van der Waals surface area contributed by atoms with Crippen LogP contribution in [0.25, 0.3) is 10.9 Å². The molecule has 0 amide bonds. The number of pyridine rings is 1. The lowest BCUT2D eigenvalue weighted by Gasteiger charge is -2.58. The van der Waals surface area contributed by atoms with Crippen molar-refractivity contribution in [3.05, 3.63) is 88.1 Å². The minimum Gasteiger partial charge on any atom is -1.00 e. The molecular weight excluding hydrogens is 563 g/mol. The number of aliphatic hydroxyl groups is 1. The second kappa shape index (κ2) is 9.30. The van der Waals surface area contributed by atoms with Gasteiger partial charge in [-0.3, -0.25) is 4.98 Å². The van der Waals surface area contributed by atoms with Crippen molar-refractivity contribution in [3.8, 4) is 0 Å². The summed E-state index contributed by atoms with van der Waals surface area (Å²) in [5.41, 5.74) is 3.34. The summed E-state index contributed by atoms with van der Waals surface area (Å²) in [6.45, 7) is 7.32. The predicted molar refractivity (Wildman–Crippen MR) is 130 cm³/mol. The van der Waals surface area contributed by atoms with Gasteiger partial charge in [-0.05, 0) is 58.3 Å². The lowest BCUT2D eigenvalue weighted by atomic mass is 9.71. The quantitative estimate of drug-likeness (QED) is 0.281. The van der Waals surface area contributed by atoms with E-state index in [2.05, 4.69) is 70.6 Å². The highest BCUT2D eigenvalue weighted by atomic mass is 127. The first-order valence-corrected chi connectivity index (χ1v) is 11.9. The number of halogens is 2. The van der Waals surface area contributed by atoms with Gasteiger partial charge in [0.1, 0.15) is 18.7 Å². The Bertz CT molecular complexity index is 1070. The van der Waals surface area contributed by atoms with Gasteiger partial charge in [0.05, 0.1) is 18.6 Å². The molecule has 4 unspecified atom stereocenters. The van der Waals surface area contributed by atoms with Gasteiger partial charge in [-0.15, -0.1) is 6.58 Å². The summed E-state index contributed by atoms with van der Waals surface area (Å²) in [6, 6.07) is 19.3. The number of quaternary nitrogens is 1. The molecule has 3 aromatic rings. The molecule has 2 bridgehead atoms. The van der Waals surface area contributed by atoms with Crippen molar-refractivity contribution in [3.63, 3.8) is 0 Å². The third kappa shape index (κ3) is 4.22. The molecular formula is C26H28BrIN2O. The lowest BCUT2D eigenvalue weighted by Crippen LogP contribution is -3.00. The van der Waals surface area contributed by atoms with E-state index in [4.69, 9.17) is 0 Å². The number of aliphatic hydroxyl groups excluding tert-OH is 1. The van der Waals surface area contributed by atoms with Gasteiger partial charge in [0.2, 0.25) is 0 Å². The molecule has 0 aliphatic carbocycles. The molecule has 162 valence electrons.